The molecule has 0 bridgehead atoms. The monoisotopic (exact) mass is 588 g/mol. The normalized spacial score (nSPS) is 12.6. The van der Waals surface area contributed by atoms with Crippen molar-refractivity contribution >= 4 is 63.9 Å². The molecule has 0 aliphatic carbocycles. The van der Waals surface area contributed by atoms with Crippen LogP contribution < -0.4 is 30.4 Å². The average Bonchev–Trinajstić information content (AvgIpc) is 3.58. The second kappa shape index (κ2) is 8.95. The predicted octanol–water partition coefficient (Wildman–Crippen LogP) is 2.58. The van der Waals surface area contributed by atoms with Crippen LogP contribution in [-0.2, 0) is 20.0 Å². The standard InChI is InChI=1S/C24H16N2O12S2/c1-33-17-11-3-5-15(27)37-21(11)23(19-13(17)7-9-35-19)39(29,30)25-26-40(31,32)24-20-14(8-10-36-20)18(34-2)12-4-6-16(28)38-22(12)24/h3-10,25-26H,1-2H3. The van der Waals surface area contributed by atoms with Crippen LogP contribution in [0, 0.1) is 0 Å². The Hall–Kier alpha value is -4.64. The van der Waals surface area contributed by atoms with Gasteiger partial charge in [-0.15, -0.1) is 9.66 Å². The van der Waals surface area contributed by atoms with Gasteiger partial charge >= 0.3 is 11.3 Å². The first-order chi connectivity index (χ1) is 19.1. The number of nitrogens with one attached hydrogen (secondary N) is 2. The Labute approximate surface area is 222 Å². The summed E-state index contributed by atoms with van der Waals surface area (Å²) < 4.78 is 86.1. The van der Waals surface area contributed by atoms with E-state index in [1.807, 2.05) is 0 Å². The highest BCUT2D eigenvalue weighted by molar-refractivity contribution is 7.93. The molecule has 2 aromatic carbocycles. The van der Waals surface area contributed by atoms with Crippen molar-refractivity contribution < 1.29 is 44.0 Å². The van der Waals surface area contributed by atoms with Gasteiger partial charge in [-0.2, -0.15) is 0 Å². The number of hydrazine groups is 1. The van der Waals surface area contributed by atoms with Gasteiger partial charge in [0, 0.05) is 12.1 Å². The number of rotatable bonds is 7. The molecular formula is C24H16N2O12S2. The molecule has 6 rings (SSSR count). The van der Waals surface area contributed by atoms with E-state index in [-0.39, 0.29) is 44.2 Å². The first-order valence-corrected chi connectivity index (χ1v) is 14.1. The summed E-state index contributed by atoms with van der Waals surface area (Å²) in [6.07, 6.45) is 2.37. The molecule has 40 heavy (non-hydrogen) atoms. The number of ether oxygens (including phenoxy) is 2. The molecule has 0 saturated carbocycles. The quantitative estimate of drug-likeness (QED) is 0.204. The molecule has 2 N–H and O–H groups in total. The van der Waals surface area contributed by atoms with Crippen molar-refractivity contribution in [3.05, 3.63) is 69.8 Å². The molecule has 0 unspecified atom stereocenters. The van der Waals surface area contributed by atoms with E-state index in [9.17, 15) is 26.4 Å². The fourth-order valence-corrected chi connectivity index (χ4v) is 7.17. The van der Waals surface area contributed by atoms with Crippen LogP contribution in [0.15, 0.2) is 86.0 Å². The predicted molar refractivity (Wildman–Crippen MR) is 138 cm³/mol. The van der Waals surface area contributed by atoms with Gasteiger partial charge in [-0.25, -0.2) is 26.4 Å². The lowest BCUT2D eigenvalue weighted by Gasteiger charge is -2.14. The summed E-state index contributed by atoms with van der Waals surface area (Å²) in [5.41, 5.74) is -3.16. The first-order valence-electron chi connectivity index (χ1n) is 11.1. The summed E-state index contributed by atoms with van der Waals surface area (Å²) in [6.45, 7) is 0. The molecule has 0 atom stereocenters. The second-order valence-electron chi connectivity index (χ2n) is 8.26. The maximum absolute atomic E-state index is 13.6. The van der Waals surface area contributed by atoms with Crippen molar-refractivity contribution in [2.45, 2.75) is 9.79 Å². The van der Waals surface area contributed by atoms with Crippen LogP contribution in [0.4, 0.5) is 0 Å². The zero-order valence-electron chi connectivity index (χ0n) is 20.3. The van der Waals surface area contributed by atoms with E-state index in [4.69, 9.17) is 27.1 Å². The molecule has 0 amide bonds. The summed E-state index contributed by atoms with van der Waals surface area (Å²) in [7, 11) is -7.03. The second-order valence-corrected chi connectivity index (χ2v) is 11.5. The molecule has 206 valence electrons. The minimum Gasteiger partial charge on any atom is -0.495 e. The smallest absolute Gasteiger partial charge is 0.336 e. The number of hydrogen-bond acceptors (Lipinski definition) is 12. The summed E-state index contributed by atoms with van der Waals surface area (Å²) in [5.74, 6) is 0.337. The summed E-state index contributed by atoms with van der Waals surface area (Å²) in [4.78, 5) is 26.3. The van der Waals surface area contributed by atoms with Crippen molar-refractivity contribution in [1.82, 2.24) is 9.66 Å². The lowest BCUT2D eigenvalue weighted by atomic mass is 10.1. The van der Waals surface area contributed by atoms with Gasteiger partial charge in [0.25, 0.3) is 20.0 Å². The van der Waals surface area contributed by atoms with Gasteiger partial charge in [0.2, 0.25) is 0 Å². The third-order valence-electron chi connectivity index (χ3n) is 6.06. The van der Waals surface area contributed by atoms with E-state index >= 15 is 0 Å². The van der Waals surface area contributed by atoms with Crippen molar-refractivity contribution in [3.63, 3.8) is 0 Å². The fourth-order valence-electron chi connectivity index (χ4n) is 4.49. The van der Waals surface area contributed by atoms with Crippen molar-refractivity contribution in [2.75, 3.05) is 14.2 Å². The molecular weight excluding hydrogens is 572 g/mol. The molecule has 0 spiro atoms. The zero-order chi connectivity index (χ0) is 28.4. The molecule has 4 aromatic heterocycles. The Bertz CT molecular complexity index is 2160. The van der Waals surface area contributed by atoms with Crippen LogP contribution in [0.3, 0.4) is 0 Å². The molecule has 16 heteroatoms. The van der Waals surface area contributed by atoms with E-state index in [0.717, 1.165) is 12.1 Å². The van der Waals surface area contributed by atoms with Crippen LogP contribution in [0.2, 0.25) is 0 Å². The Morgan fingerprint density at radius 2 is 0.950 bits per heavy atom. The van der Waals surface area contributed by atoms with Gasteiger partial charge in [-0.3, -0.25) is 0 Å². The van der Waals surface area contributed by atoms with E-state index < -0.39 is 52.3 Å². The largest absolute Gasteiger partial charge is 0.495 e. The van der Waals surface area contributed by atoms with E-state index in [1.165, 1.54) is 51.0 Å². The number of furan rings is 2. The highest BCUT2D eigenvalue weighted by atomic mass is 32.2. The first kappa shape index (κ1) is 25.6. The highest BCUT2D eigenvalue weighted by Crippen LogP contribution is 2.42. The van der Waals surface area contributed by atoms with Crippen molar-refractivity contribution in [1.29, 1.82) is 0 Å². The number of fused-ring (bicyclic) bond motifs is 4. The lowest BCUT2D eigenvalue weighted by Crippen LogP contribution is -2.41. The molecule has 0 aliphatic rings. The van der Waals surface area contributed by atoms with E-state index in [1.54, 1.807) is 9.66 Å². The third kappa shape index (κ3) is 3.76. The fraction of sp³-hybridized carbons (Fsp3) is 0.0833. The SMILES string of the molecule is COc1c2ccoc2c(S(=O)(=O)NNS(=O)(=O)c2c3occc3c(OC)c3ccc(=O)oc23)c2oc(=O)ccc12. The van der Waals surface area contributed by atoms with Crippen LogP contribution in [0.1, 0.15) is 0 Å². The van der Waals surface area contributed by atoms with E-state index in [2.05, 4.69) is 0 Å². The average molecular weight is 589 g/mol. The molecule has 6 aromatic rings. The molecule has 14 nitrogen and oxygen atoms in total. The topological polar surface area (TPSA) is 197 Å². The number of benzene rings is 2. The van der Waals surface area contributed by atoms with Gasteiger partial charge in [-0.05, 0) is 24.3 Å². The minimum absolute atomic E-state index is 0.111. The molecule has 0 fully saturated rings. The number of methoxy groups -OCH3 is 2. The van der Waals surface area contributed by atoms with Gasteiger partial charge in [-0.1, -0.05) is 0 Å². The van der Waals surface area contributed by atoms with Gasteiger partial charge in [0.15, 0.2) is 32.1 Å². The number of sulfonamides is 2. The Morgan fingerprint density at radius 1 is 0.575 bits per heavy atom. The lowest BCUT2D eigenvalue weighted by molar-refractivity contribution is 0.422. The van der Waals surface area contributed by atoms with Crippen molar-refractivity contribution in [2.24, 2.45) is 0 Å². The highest BCUT2D eigenvalue weighted by Gasteiger charge is 2.33. The third-order valence-corrected chi connectivity index (χ3v) is 8.74. The van der Waals surface area contributed by atoms with Crippen molar-refractivity contribution in [3.8, 4) is 11.5 Å². The van der Waals surface area contributed by atoms with Gasteiger partial charge in [0.1, 0.15) is 11.5 Å². The van der Waals surface area contributed by atoms with Crippen LogP contribution in [0.5, 0.6) is 11.5 Å². The van der Waals surface area contributed by atoms with Gasteiger partial charge < -0.3 is 27.1 Å². The summed E-state index contributed by atoms with van der Waals surface area (Å²) >= 11 is 0. The van der Waals surface area contributed by atoms with Crippen LogP contribution >= 0.6 is 0 Å². The van der Waals surface area contributed by atoms with Crippen LogP contribution in [0.25, 0.3) is 43.9 Å². The molecule has 0 radical (unpaired) electrons. The summed E-state index contributed by atoms with van der Waals surface area (Å²) in [6, 6.07) is 7.60. The minimum atomic E-state index is -4.85. The molecule has 0 aliphatic heterocycles. The number of hydrogen-bond donors (Lipinski definition) is 2. The zero-order valence-corrected chi connectivity index (χ0v) is 22.0. The maximum Gasteiger partial charge on any atom is 0.336 e. The Kier molecular flexibility index (Phi) is 5.74. The Morgan fingerprint density at radius 3 is 1.32 bits per heavy atom. The maximum atomic E-state index is 13.6. The molecule has 0 saturated heterocycles. The Balaban J connectivity index is 1.53. The van der Waals surface area contributed by atoms with Gasteiger partial charge in [0.05, 0.1) is 48.3 Å². The van der Waals surface area contributed by atoms with Crippen LogP contribution in [-0.4, -0.2) is 31.1 Å². The molecule has 4 heterocycles. The summed E-state index contributed by atoms with van der Waals surface area (Å²) in [5, 5.41) is 0.651. The van der Waals surface area contributed by atoms with E-state index in [0.29, 0.717) is 0 Å².